The molecule has 4 heteroatoms. The summed E-state index contributed by atoms with van der Waals surface area (Å²) in [5, 5.41) is 0. The second-order valence-corrected chi connectivity index (χ2v) is 4.00. The Morgan fingerprint density at radius 1 is 1.50 bits per heavy atom. The van der Waals surface area contributed by atoms with Crippen LogP contribution in [-0.4, -0.2) is 31.2 Å². The van der Waals surface area contributed by atoms with E-state index in [9.17, 15) is 4.79 Å². The quantitative estimate of drug-likeness (QED) is 0.708. The molecule has 0 aliphatic carbocycles. The van der Waals surface area contributed by atoms with Gasteiger partial charge >= 0.3 is 5.97 Å². The van der Waals surface area contributed by atoms with Gasteiger partial charge in [0.2, 0.25) is 0 Å². The molecular weight excluding hydrogens is 204 g/mol. The van der Waals surface area contributed by atoms with Gasteiger partial charge in [0, 0.05) is 19.3 Å². The molecular formula is C12H16N2O2. The Bertz CT molecular complexity index is 345. The molecule has 0 unspecified atom stereocenters. The normalized spacial score (nSPS) is 17.2. The van der Waals surface area contributed by atoms with Gasteiger partial charge in [-0.25, -0.2) is 0 Å². The summed E-state index contributed by atoms with van der Waals surface area (Å²) in [6.45, 7) is 1.79. The predicted molar refractivity (Wildman–Crippen MR) is 61.2 cm³/mol. The number of carbonyl (C=O) groups is 1. The number of rotatable bonds is 2. The van der Waals surface area contributed by atoms with Gasteiger partial charge in [0.05, 0.1) is 24.9 Å². The number of pyridine rings is 1. The van der Waals surface area contributed by atoms with E-state index in [1.807, 2.05) is 18.3 Å². The molecule has 0 atom stereocenters. The number of methoxy groups -OCH3 is 1. The third kappa shape index (κ3) is 2.32. The van der Waals surface area contributed by atoms with Crippen LogP contribution >= 0.6 is 0 Å². The van der Waals surface area contributed by atoms with Gasteiger partial charge in [-0.3, -0.25) is 9.78 Å². The van der Waals surface area contributed by atoms with E-state index in [2.05, 4.69) is 9.88 Å². The van der Waals surface area contributed by atoms with E-state index in [-0.39, 0.29) is 11.9 Å². The average Bonchev–Trinajstić information content (AvgIpc) is 2.39. The topological polar surface area (TPSA) is 42.4 Å². The van der Waals surface area contributed by atoms with Gasteiger partial charge in [0.25, 0.3) is 0 Å². The van der Waals surface area contributed by atoms with Crippen molar-refractivity contribution >= 4 is 11.7 Å². The summed E-state index contributed by atoms with van der Waals surface area (Å²) >= 11 is 0. The Labute approximate surface area is 95.2 Å². The zero-order valence-corrected chi connectivity index (χ0v) is 9.43. The number of hydrogen-bond donors (Lipinski definition) is 0. The van der Waals surface area contributed by atoms with Crippen molar-refractivity contribution in [2.45, 2.75) is 12.8 Å². The number of anilines is 1. The van der Waals surface area contributed by atoms with Crippen molar-refractivity contribution in [3.05, 3.63) is 24.5 Å². The molecule has 1 saturated heterocycles. The smallest absolute Gasteiger partial charge is 0.308 e. The predicted octanol–water partition coefficient (Wildman–Crippen LogP) is 1.47. The maximum Gasteiger partial charge on any atom is 0.308 e. The first kappa shape index (κ1) is 10.9. The minimum atomic E-state index is -0.0779. The first-order valence-electron chi connectivity index (χ1n) is 5.54. The Morgan fingerprint density at radius 3 is 2.81 bits per heavy atom. The molecule has 0 bridgehead atoms. The van der Waals surface area contributed by atoms with Crippen LogP contribution in [0, 0.1) is 5.92 Å². The van der Waals surface area contributed by atoms with Gasteiger partial charge in [-0.05, 0) is 25.0 Å². The summed E-state index contributed by atoms with van der Waals surface area (Å²) < 4.78 is 4.76. The zero-order valence-electron chi connectivity index (χ0n) is 9.43. The molecule has 1 aromatic rings. The zero-order chi connectivity index (χ0) is 11.4. The lowest BCUT2D eigenvalue weighted by molar-refractivity contribution is -0.146. The van der Waals surface area contributed by atoms with Crippen LogP contribution in [0.25, 0.3) is 0 Å². The Morgan fingerprint density at radius 2 is 2.25 bits per heavy atom. The molecule has 1 aliphatic rings. The third-order valence-corrected chi connectivity index (χ3v) is 3.04. The van der Waals surface area contributed by atoms with Crippen molar-refractivity contribution in [2.24, 2.45) is 5.92 Å². The van der Waals surface area contributed by atoms with Crippen molar-refractivity contribution in [1.29, 1.82) is 0 Å². The lowest BCUT2D eigenvalue weighted by Crippen LogP contribution is -2.36. The number of aromatic nitrogens is 1. The lowest BCUT2D eigenvalue weighted by atomic mass is 9.97. The lowest BCUT2D eigenvalue weighted by Gasteiger charge is -2.32. The van der Waals surface area contributed by atoms with Crippen LogP contribution in [0.2, 0.25) is 0 Å². The highest BCUT2D eigenvalue weighted by atomic mass is 16.5. The minimum absolute atomic E-state index is 0.0675. The fraction of sp³-hybridized carbons (Fsp3) is 0.500. The maximum atomic E-state index is 11.4. The Balaban J connectivity index is 1.93. The Kier molecular flexibility index (Phi) is 3.39. The van der Waals surface area contributed by atoms with Gasteiger partial charge in [-0.1, -0.05) is 0 Å². The molecule has 0 N–H and O–H groups in total. The van der Waals surface area contributed by atoms with E-state index in [0.29, 0.717) is 0 Å². The van der Waals surface area contributed by atoms with Crippen LogP contribution in [0.4, 0.5) is 5.69 Å². The number of hydrogen-bond acceptors (Lipinski definition) is 4. The van der Waals surface area contributed by atoms with Crippen LogP contribution < -0.4 is 4.90 Å². The van der Waals surface area contributed by atoms with Crippen LogP contribution in [-0.2, 0) is 9.53 Å². The van der Waals surface area contributed by atoms with E-state index in [0.717, 1.165) is 31.6 Å². The number of piperidine rings is 1. The monoisotopic (exact) mass is 220 g/mol. The molecule has 2 heterocycles. The van der Waals surface area contributed by atoms with E-state index in [1.165, 1.54) is 7.11 Å². The number of nitrogens with zero attached hydrogens (tertiary/aromatic N) is 2. The highest BCUT2D eigenvalue weighted by Crippen LogP contribution is 2.22. The summed E-state index contributed by atoms with van der Waals surface area (Å²) in [6, 6.07) is 3.98. The molecule has 1 fully saturated rings. The van der Waals surface area contributed by atoms with E-state index >= 15 is 0 Å². The molecule has 0 saturated carbocycles. The first-order chi connectivity index (χ1) is 7.81. The van der Waals surface area contributed by atoms with Crippen molar-refractivity contribution in [3.63, 3.8) is 0 Å². The molecule has 0 spiro atoms. The molecule has 4 nitrogen and oxygen atoms in total. The number of ether oxygens (including phenoxy) is 1. The third-order valence-electron chi connectivity index (χ3n) is 3.04. The van der Waals surface area contributed by atoms with Gasteiger partial charge in [0.1, 0.15) is 0 Å². The van der Waals surface area contributed by atoms with E-state index < -0.39 is 0 Å². The summed E-state index contributed by atoms with van der Waals surface area (Å²) in [5.74, 6) is -0.0104. The molecule has 1 aromatic heterocycles. The highest BCUT2D eigenvalue weighted by Gasteiger charge is 2.25. The highest BCUT2D eigenvalue weighted by molar-refractivity contribution is 5.72. The minimum Gasteiger partial charge on any atom is -0.469 e. The molecule has 0 radical (unpaired) electrons. The van der Waals surface area contributed by atoms with E-state index in [1.54, 1.807) is 6.20 Å². The maximum absolute atomic E-state index is 11.4. The number of esters is 1. The standard InChI is InChI=1S/C12H16N2O2/c1-16-12(15)10-4-7-14(8-5-10)11-3-2-6-13-9-11/h2-3,6,9-10H,4-5,7-8H2,1H3. The largest absolute Gasteiger partial charge is 0.469 e. The summed E-state index contributed by atoms with van der Waals surface area (Å²) in [7, 11) is 1.45. The summed E-state index contributed by atoms with van der Waals surface area (Å²) in [6.07, 6.45) is 5.35. The molecule has 0 aromatic carbocycles. The fourth-order valence-corrected chi connectivity index (χ4v) is 2.08. The van der Waals surface area contributed by atoms with Crippen LogP contribution in [0.5, 0.6) is 0 Å². The van der Waals surface area contributed by atoms with Crippen molar-refractivity contribution in [3.8, 4) is 0 Å². The van der Waals surface area contributed by atoms with Crippen molar-refractivity contribution < 1.29 is 9.53 Å². The Hall–Kier alpha value is -1.58. The average molecular weight is 220 g/mol. The van der Waals surface area contributed by atoms with Crippen molar-refractivity contribution in [1.82, 2.24) is 4.98 Å². The summed E-state index contributed by atoms with van der Waals surface area (Å²) in [4.78, 5) is 17.7. The van der Waals surface area contributed by atoms with Gasteiger partial charge in [-0.2, -0.15) is 0 Å². The molecule has 0 amide bonds. The molecule has 16 heavy (non-hydrogen) atoms. The molecule has 2 rings (SSSR count). The van der Waals surface area contributed by atoms with Crippen LogP contribution in [0.15, 0.2) is 24.5 Å². The number of carbonyl (C=O) groups excluding carboxylic acids is 1. The van der Waals surface area contributed by atoms with Gasteiger partial charge in [-0.15, -0.1) is 0 Å². The van der Waals surface area contributed by atoms with Crippen molar-refractivity contribution in [2.75, 3.05) is 25.1 Å². The first-order valence-corrected chi connectivity index (χ1v) is 5.54. The second-order valence-electron chi connectivity index (χ2n) is 4.00. The van der Waals surface area contributed by atoms with Gasteiger partial charge < -0.3 is 9.64 Å². The second kappa shape index (κ2) is 4.96. The van der Waals surface area contributed by atoms with E-state index in [4.69, 9.17) is 4.74 Å². The van der Waals surface area contributed by atoms with Gasteiger partial charge in [0.15, 0.2) is 0 Å². The van der Waals surface area contributed by atoms with Crippen LogP contribution in [0.3, 0.4) is 0 Å². The summed E-state index contributed by atoms with van der Waals surface area (Å²) in [5.41, 5.74) is 1.13. The fourth-order valence-electron chi connectivity index (χ4n) is 2.08. The SMILES string of the molecule is COC(=O)C1CCN(c2cccnc2)CC1. The molecule has 86 valence electrons. The molecule has 1 aliphatic heterocycles. The van der Waals surface area contributed by atoms with Crippen LogP contribution in [0.1, 0.15) is 12.8 Å².